The zero-order chi connectivity index (χ0) is 15.4. The van der Waals surface area contributed by atoms with Crippen molar-refractivity contribution in [2.24, 2.45) is 0 Å². The largest absolute Gasteiger partial charge is 0.339 e. The summed E-state index contributed by atoms with van der Waals surface area (Å²) in [5, 5.41) is 0. The lowest BCUT2D eigenvalue weighted by molar-refractivity contribution is -0.130. The van der Waals surface area contributed by atoms with Crippen LogP contribution in [-0.2, 0) is 4.79 Å². The third-order valence-electron chi connectivity index (χ3n) is 4.70. The highest BCUT2D eigenvalue weighted by Crippen LogP contribution is 2.25. The molecule has 0 atom stereocenters. The third kappa shape index (κ3) is 3.82. The van der Waals surface area contributed by atoms with E-state index in [4.69, 9.17) is 0 Å². The number of hydrogen-bond acceptors (Lipinski definition) is 3. The number of carbonyl (C=O) groups is 1. The summed E-state index contributed by atoms with van der Waals surface area (Å²) in [6.07, 6.45) is 5.33. The van der Waals surface area contributed by atoms with Crippen LogP contribution in [0.15, 0.2) is 29.2 Å². The van der Waals surface area contributed by atoms with Crippen LogP contribution in [0.3, 0.4) is 0 Å². The maximum atomic E-state index is 13.6. The highest BCUT2D eigenvalue weighted by atomic mass is 32.2. The Bertz CT molecular complexity index is 511. The van der Waals surface area contributed by atoms with Crippen LogP contribution in [0.4, 0.5) is 4.39 Å². The molecule has 2 aliphatic rings. The molecular weight excluding hydrogens is 299 g/mol. The SMILES string of the molecule is O=C(CSc1ccccc1F)N1CCN(C2CCCC2)CC1. The van der Waals surface area contributed by atoms with E-state index in [9.17, 15) is 9.18 Å². The minimum absolute atomic E-state index is 0.124. The smallest absolute Gasteiger partial charge is 0.233 e. The standard InChI is InChI=1S/C17H23FN2OS/c18-15-7-3-4-8-16(15)22-13-17(21)20-11-9-19(10-12-20)14-5-1-2-6-14/h3-4,7-8,14H,1-2,5-6,9-13H2. The Kier molecular flexibility index (Phi) is 5.37. The van der Waals surface area contributed by atoms with Gasteiger partial charge in [0, 0.05) is 37.1 Å². The summed E-state index contributed by atoms with van der Waals surface area (Å²) in [5.74, 6) is 0.204. The summed E-state index contributed by atoms with van der Waals surface area (Å²) >= 11 is 1.30. The van der Waals surface area contributed by atoms with E-state index >= 15 is 0 Å². The van der Waals surface area contributed by atoms with Crippen molar-refractivity contribution in [3.8, 4) is 0 Å². The lowest BCUT2D eigenvalue weighted by atomic mass is 10.2. The molecule has 2 fully saturated rings. The second-order valence-corrected chi connectivity index (χ2v) is 7.09. The number of benzene rings is 1. The van der Waals surface area contributed by atoms with Crippen molar-refractivity contribution < 1.29 is 9.18 Å². The number of halogens is 1. The first-order valence-electron chi connectivity index (χ1n) is 8.13. The minimum Gasteiger partial charge on any atom is -0.339 e. The molecule has 120 valence electrons. The van der Waals surface area contributed by atoms with Gasteiger partial charge >= 0.3 is 0 Å². The fourth-order valence-electron chi connectivity index (χ4n) is 3.40. The summed E-state index contributed by atoms with van der Waals surface area (Å²) in [6.45, 7) is 3.60. The molecule has 0 aromatic heterocycles. The molecule has 1 saturated carbocycles. The molecule has 0 spiro atoms. The maximum absolute atomic E-state index is 13.6. The highest BCUT2D eigenvalue weighted by molar-refractivity contribution is 8.00. The fraction of sp³-hybridized carbons (Fsp3) is 0.588. The maximum Gasteiger partial charge on any atom is 0.233 e. The average molecular weight is 322 g/mol. The van der Waals surface area contributed by atoms with Gasteiger partial charge in [-0.05, 0) is 25.0 Å². The molecule has 1 aliphatic carbocycles. The molecule has 1 aromatic rings. The van der Waals surface area contributed by atoms with Gasteiger partial charge in [0.15, 0.2) is 0 Å². The van der Waals surface area contributed by atoms with Crippen LogP contribution in [0.25, 0.3) is 0 Å². The molecule has 5 heteroatoms. The van der Waals surface area contributed by atoms with Gasteiger partial charge in [0.05, 0.1) is 5.75 Å². The summed E-state index contributed by atoms with van der Waals surface area (Å²) in [7, 11) is 0. The third-order valence-corrected chi connectivity index (χ3v) is 5.73. The van der Waals surface area contributed by atoms with Gasteiger partial charge < -0.3 is 4.90 Å². The van der Waals surface area contributed by atoms with Crippen LogP contribution in [0.2, 0.25) is 0 Å². The fourth-order valence-corrected chi connectivity index (χ4v) is 4.24. The van der Waals surface area contributed by atoms with Crippen molar-refractivity contribution in [1.29, 1.82) is 0 Å². The predicted molar refractivity (Wildman–Crippen MR) is 87.5 cm³/mol. The quantitative estimate of drug-likeness (QED) is 0.796. The van der Waals surface area contributed by atoms with Crippen molar-refractivity contribution in [1.82, 2.24) is 9.80 Å². The first-order valence-corrected chi connectivity index (χ1v) is 9.12. The topological polar surface area (TPSA) is 23.6 Å². The number of thioether (sulfide) groups is 1. The molecule has 3 nitrogen and oxygen atoms in total. The number of nitrogens with zero attached hydrogens (tertiary/aromatic N) is 2. The van der Waals surface area contributed by atoms with E-state index in [0.29, 0.717) is 10.6 Å². The molecule has 1 heterocycles. The summed E-state index contributed by atoms with van der Waals surface area (Å²) in [4.78, 5) is 17.3. The van der Waals surface area contributed by atoms with E-state index in [0.717, 1.165) is 32.2 Å². The van der Waals surface area contributed by atoms with Gasteiger partial charge in [-0.3, -0.25) is 9.69 Å². The summed E-state index contributed by atoms with van der Waals surface area (Å²) < 4.78 is 13.6. The normalized spacial score (nSPS) is 20.5. The van der Waals surface area contributed by atoms with Crippen molar-refractivity contribution in [3.05, 3.63) is 30.1 Å². The number of piperazine rings is 1. The molecule has 0 bridgehead atoms. The van der Waals surface area contributed by atoms with Crippen LogP contribution >= 0.6 is 11.8 Å². The van der Waals surface area contributed by atoms with E-state index < -0.39 is 0 Å². The monoisotopic (exact) mass is 322 g/mol. The molecule has 1 aromatic carbocycles. The van der Waals surface area contributed by atoms with Gasteiger partial charge in [-0.1, -0.05) is 25.0 Å². The van der Waals surface area contributed by atoms with E-state index in [1.165, 1.54) is 43.5 Å². The Morgan fingerprint density at radius 2 is 1.82 bits per heavy atom. The summed E-state index contributed by atoms with van der Waals surface area (Å²) in [5.41, 5.74) is 0. The molecule has 0 N–H and O–H groups in total. The predicted octanol–water partition coefficient (Wildman–Crippen LogP) is 3.00. The molecule has 3 rings (SSSR count). The first-order chi connectivity index (χ1) is 10.7. The van der Waals surface area contributed by atoms with Crippen molar-refractivity contribution in [2.45, 2.75) is 36.6 Å². The van der Waals surface area contributed by atoms with E-state index in [1.807, 2.05) is 4.90 Å². The van der Waals surface area contributed by atoms with Crippen LogP contribution in [0, 0.1) is 5.82 Å². The Morgan fingerprint density at radius 1 is 1.14 bits per heavy atom. The van der Waals surface area contributed by atoms with Gasteiger partial charge in [-0.15, -0.1) is 11.8 Å². The molecule has 1 saturated heterocycles. The Morgan fingerprint density at radius 3 is 2.50 bits per heavy atom. The van der Waals surface area contributed by atoms with Gasteiger partial charge in [0.2, 0.25) is 5.91 Å². The number of hydrogen-bond donors (Lipinski definition) is 0. The van der Waals surface area contributed by atoms with Crippen molar-refractivity contribution in [2.75, 3.05) is 31.9 Å². The van der Waals surface area contributed by atoms with Crippen molar-refractivity contribution in [3.63, 3.8) is 0 Å². The van der Waals surface area contributed by atoms with Crippen LogP contribution in [0.5, 0.6) is 0 Å². The lowest BCUT2D eigenvalue weighted by Gasteiger charge is -2.38. The van der Waals surface area contributed by atoms with Gasteiger partial charge in [0.25, 0.3) is 0 Å². The van der Waals surface area contributed by atoms with Crippen molar-refractivity contribution >= 4 is 17.7 Å². The Hall–Kier alpha value is -1.07. The van der Waals surface area contributed by atoms with Crippen LogP contribution in [0.1, 0.15) is 25.7 Å². The van der Waals surface area contributed by atoms with Gasteiger partial charge in [-0.2, -0.15) is 0 Å². The number of carbonyl (C=O) groups excluding carboxylic acids is 1. The molecule has 1 aliphatic heterocycles. The Labute approximate surface area is 135 Å². The number of amides is 1. The highest BCUT2D eigenvalue weighted by Gasteiger charge is 2.27. The van der Waals surface area contributed by atoms with Crippen LogP contribution < -0.4 is 0 Å². The van der Waals surface area contributed by atoms with E-state index in [1.54, 1.807) is 18.2 Å². The molecule has 1 amide bonds. The first kappa shape index (κ1) is 15.8. The Balaban J connectivity index is 1.45. The zero-order valence-electron chi connectivity index (χ0n) is 12.8. The van der Waals surface area contributed by atoms with Gasteiger partial charge in [-0.25, -0.2) is 4.39 Å². The molecule has 22 heavy (non-hydrogen) atoms. The summed E-state index contributed by atoms with van der Waals surface area (Å²) in [6, 6.07) is 7.38. The zero-order valence-corrected chi connectivity index (χ0v) is 13.7. The molecule has 0 unspecified atom stereocenters. The average Bonchev–Trinajstić information content (AvgIpc) is 3.08. The molecule has 0 radical (unpaired) electrons. The second kappa shape index (κ2) is 7.47. The van der Waals surface area contributed by atoms with Gasteiger partial charge in [0.1, 0.15) is 5.82 Å². The van der Waals surface area contributed by atoms with E-state index in [2.05, 4.69) is 4.90 Å². The minimum atomic E-state index is -0.244. The van der Waals surface area contributed by atoms with E-state index in [-0.39, 0.29) is 11.7 Å². The second-order valence-electron chi connectivity index (χ2n) is 6.07. The lowest BCUT2D eigenvalue weighted by Crippen LogP contribution is -2.51. The molecular formula is C17H23FN2OS. The number of rotatable bonds is 4. The van der Waals surface area contributed by atoms with Crippen LogP contribution in [-0.4, -0.2) is 53.7 Å².